The molecule has 1 unspecified atom stereocenters. The Morgan fingerprint density at radius 1 is 1.44 bits per heavy atom. The molecule has 0 bridgehead atoms. The predicted octanol–water partition coefficient (Wildman–Crippen LogP) is 1.22. The summed E-state index contributed by atoms with van der Waals surface area (Å²) in [5.74, 6) is 0. The van der Waals surface area contributed by atoms with E-state index < -0.39 is 5.60 Å². The molecule has 100 valence electrons. The Balaban J connectivity index is 1.96. The Hall–Kier alpha value is -1.20. The van der Waals surface area contributed by atoms with Crippen molar-refractivity contribution in [1.82, 2.24) is 14.9 Å². The SMILES string of the molecule is CCC1(O)CCCN(Cc2cnc(OC)nc2)C1. The van der Waals surface area contributed by atoms with E-state index in [9.17, 15) is 5.11 Å². The van der Waals surface area contributed by atoms with Crippen molar-refractivity contribution in [1.29, 1.82) is 0 Å². The molecule has 1 aliphatic rings. The van der Waals surface area contributed by atoms with E-state index in [0.29, 0.717) is 6.01 Å². The minimum Gasteiger partial charge on any atom is -0.467 e. The zero-order valence-corrected chi connectivity index (χ0v) is 11.1. The van der Waals surface area contributed by atoms with Crippen LogP contribution >= 0.6 is 0 Å². The summed E-state index contributed by atoms with van der Waals surface area (Å²) in [6, 6.07) is 0.391. The minimum absolute atomic E-state index is 0.391. The molecule has 0 aromatic carbocycles. The van der Waals surface area contributed by atoms with Gasteiger partial charge in [0.15, 0.2) is 0 Å². The zero-order chi connectivity index (χ0) is 13.0. The van der Waals surface area contributed by atoms with Crippen LogP contribution in [0.5, 0.6) is 6.01 Å². The smallest absolute Gasteiger partial charge is 0.316 e. The van der Waals surface area contributed by atoms with Gasteiger partial charge in [0.25, 0.3) is 0 Å². The topological polar surface area (TPSA) is 58.5 Å². The first kappa shape index (κ1) is 13.2. The molecule has 1 fully saturated rings. The molecule has 0 radical (unpaired) electrons. The van der Waals surface area contributed by atoms with E-state index in [1.54, 1.807) is 19.5 Å². The Labute approximate surface area is 108 Å². The maximum Gasteiger partial charge on any atom is 0.316 e. The molecule has 2 heterocycles. The average molecular weight is 251 g/mol. The van der Waals surface area contributed by atoms with Crippen LogP contribution in [0.3, 0.4) is 0 Å². The average Bonchev–Trinajstić information content (AvgIpc) is 2.40. The van der Waals surface area contributed by atoms with E-state index in [1.807, 2.05) is 6.92 Å². The van der Waals surface area contributed by atoms with Gasteiger partial charge in [0.1, 0.15) is 0 Å². The normalized spacial score (nSPS) is 25.1. The van der Waals surface area contributed by atoms with Crippen LogP contribution in [0.25, 0.3) is 0 Å². The number of methoxy groups -OCH3 is 1. The lowest BCUT2D eigenvalue weighted by atomic mass is 9.90. The van der Waals surface area contributed by atoms with Crippen molar-refractivity contribution in [3.8, 4) is 6.01 Å². The van der Waals surface area contributed by atoms with Crippen LogP contribution in [-0.2, 0) is 6.54 Å². The molecule has 0 amide bonds. The third-order valence-electron chi connectivity index (χ3n) is 3.56. The second-order valence-corrected chi connectivity index (χ2v) is 4.97. The molecular weight excluding hydrogens is 230 g/mol. The van der Waals surface area contributed by atoms with Crippen molar-refractivity contribution in [3.63, 3.8) is 0 Å². The number of ether oxygens (including phenoxy) is 1. The molecule has 5 nitrogen and oxygen atoms in total. The largest absolute Gasteiger partial charge is 0.467 e. The summed E-state index contributed by atoms with van der Waals surface area (Å²) >= 11 is 0. The molecule has 1 aliphatic heterocycles. The van der Waals surface area contributed by atoms with E-state index in [0.717, 1.165) is 44.5 Å². The van der Waals surface area contributed by atoms with Crippen molar-refractivity contribution in [2.24, 2.45) is 0 Å². The molecule has 0 saturated carbocycles. The van der Waals surface area contributed by atoms with E-state index in [4.69, 9.17) is 4.74 Å². The number of aromatic nitrogens is 2. The highest BCUT2D eigenvalue weighted by Crippen LogP contribution is 2.25. The number of hydrogen-bond acceptors (Lipinski definition) is 5. The Morgan fingerprint density at radius 2 is 2.17 bits per heavy atom. The van der Waals surface area contributed by atoms with Gasteiger partial charge in [-0.1, -0.05) is 6.92 Å². The fourth-order valence-electron chi connectivity index (χ4n) is 2.42. The van der Waals surface area contributed by atoms with Crippen LogP contribution in [0.1, 0.15) is 31.7 Å². The van der Waals surface area contributed by atoms with Crippen LogP contribution in [0.2, 0.25) is 0 Å². The number of nitrogens with zero attached hydrogens (tertiary/aromatic N) is 3. The summed E-state index contributed by atoms with van der Waals surface area (Å²) in [5.41, 5.74) is 0.530. The number of hydrogen-bond donors (Lipinski definition) is 1. The van der Waals surface area contributed by atoms with Crippen LogP contribution in [-0.4, -0.2) is 45.8 Å². The first-order chi connectivity index (χ1) is 8.65. The fraction of sp³-hybridized carbons (Fsp3) is 0.692. The molecule has 1 saturated heterocycles. The van der Waals surface area contributed by atoms with Gasteiger partial charge < -0.3 is 9.84 Å². The standard InChI is InChI=1S/C13H21N3O2/c1-3-13(17)5-4-6-16(10-13)9-11-7-14-12(18-2)15-8-11/h7-8,17H,3-6,9-10H2,1-2H3. The zero-order valence-electron chi connectivity index (χ0n) is 11.1. The van der Waals surface area contributed by atoms with Crippen molar-refractivity contribution in [2.75, 3.05) is 20.2 Å². The molecule has 2 rings (SSSR count). The number of rotatable bonds is 4. The van der Waals surface area contributed by atoms with Gasteiger partial charge in [-0.3, -0.25) is 4.90 Å². The molecule has 1 aromatic heterocycles. The predicted molar refractivity (Wildman–Crippen MR) is 68.3 cm³/mol. The highest BCUT2D eigenvalue weighted by molar-refractivity contribution is 5.07. The minimum atomic E-state index is -0.522. The fourth-order valence-corrected chi connectivity index (χ4v) is 2.42. The first-order valence-corrected chi connectivity index (χ1v) is 6.45. The monoisotopic (exact) mass is 251 g/mol. The van der Waals surface area contributed by atoms with Crippen LogP contribution < -0.4 is 4.74 Å². The quantitative estimate of drug-likeness (QED) is 0.872. The summed E-state index contributed by atoms with van der Waals surface area (Å²) in [6.45, 7) is 4.58. The van der Waals surface area contributed by atoms with Gasteiger partial charge >= 0.3 is 6.01 Å². The Morgan fingerprint density at radius 3 is 2.78 bits per heavy atom. The summed E-state index contributed by atoms with van der Waals surface area (Å²) in [7, 11) is 1.56. The molecule has 18 heavy (non-hydrogen) atoms. The number of piperidine rings is 1. The van der Waals surface area contributed by atoms with E-state index in [-0.39, 0.29) is 0 Å². The van der Waals surface area contributed by atoms with Crippen LogP contribution in [0, 0.1) is 0 Å². The second kappa shape index (κ2) is 5.63. The molecule has 1 atom stereocenters. The number of likely N-dealkylation sites (tertiary alicyclic amines) is 1. The summed E-state index contributed by atoms with van der Waals surface area (Å²) in [5, 5.41) is 10.3. The van der Waals surface area contributed by atoms with Gasteiger partial charge in [0.05, 0.1) is 12.7 Å². The van der Waals surface area contributed by atoms with Gasteiger partial charge in [-0.15, -0.1) is 0 Å². The third-order valence-corrected chi connectivity index (χ3v) is 3.56. The van der Waals surface area contributed by atoms with Crippen molar-refractivity contribution >= 4 is 0 Å². The maximum atomic E-state index is 10.3. The molecule has 1 N–H and O–H groups in total. The van der Waals surface area contributed by atoms with Crippen molar-refractivity contribution in [2.45, 2.75) is 38.3 Å². The molecule has 0 aliphatic carbocycles. The van der Waals surface area contributed by atoms with Gasteiger partial charge in [-0.2, -0.15) is 0 Å². The van der Waals surface area contributed by atoms with Crippen molar-refractivity contribution in [3.05, 3.63) is 18.0 Å². The molecule has 0 spiro atoms. The lowest BCUT2D eigenvalue weighted by Crippen LogP contribution is -2.47. The van der Waals surface area contributed by atoms with Gasteiger partial charge in [0, 0.05) is 31.0 Å². The highest BCUT2D eigenvalue weighted by atomic mass is 16.5. The summed E-state index contributed by atoms with van der Waals surface area (Å²) in [6.07, 6.45) is 6.32. The van der Waals surface area contributed by atoms with Crippen molar-refractivity contribution < 1.29 is 9.84 Å². The van der Waals surface area contributed by atoms with Crippen LogP contribution in [0.4, 0.5) is 0 Å². The van der Waals surface area contributed by atoms with Gasteiger partial charge in [0.2, 0.25) is 0 Å². The summed E-state index contributed by atoms with van der Waals surface area (Å²) < 4.78 is 4.93. The van der Waals surface area contributed by atoms with Crippen LogP contribution in [0.15, 0.2) is 12.4 Å². The third kappa shape index (κ3) is 3.17. The first-order valence-electron chi connectivity index (χ1n) is 6.45. The van der Waals surface area contributed by atoms with E-state index >= 15 is 0 Å². The highest BCUT2D eigenvalue weighted by Gasteiger charge is 2.31. The molecule has 1 aromatic rings. The number of β-amino-alcohol motifs (C(OH)–C–C–N with tert-alkyl or cyclic N) is 1. The van der Waals surface area contributed by atoms with E-state index in [2.05, 4.69) is 14.9 Å². The maximum absolute atomic E-state index is 10.3. The van der Waals surface area contributed by atoms with E-state index in [1.165, 1.54) is 0 Å². The van der Waals surface area contributed by atoms with Gasteiger partial charge in [-0.05, 0) is 25.8 Å². The molecule has 5 heteroatoms. The molecular formula is C13H21N3O2. The lowest BCUT2D eigenvalue weighted by Gasteiger charge is -2.38. The Bertz CT molecular complexity index is 382. The van der Waals surface area contributed by atoms with Gasteiger partial charge in [-0.25, -0.2) is 9.97 Å². The summed E-state index contributed by atoms with van der Waals surface area (Å²) in [4.78, 5) is 10.5. The Kier molecular flexibility index (Phi) is 4.14. The second-order valence-electron chi connectivity index (χ2n) is 4.97. The number of aliphatic hydroxyl groups is 1. The lowest BCUT2D eigenvalue weighted by molar-refractivity contribution is -0.0358.